The van der Waals surface area contributed by atoms with Crippen molar-refractivity contribution in [1.29, 1.82) is 0 Å². The minimum Gasteiger partial charge on any atom is -0.307 e. The van der Waals surface area contributed by atoms with Crippen LogP contribution in [0.5, 0.6) is 0 Å². The smallest absolute Gasteiger partial charge is 0.194 e. The first kappa shape index (κ1) is 13.9. The summed E-state index contributed by atoms with van der Waals surface area (Å²) in [6, 6.07) is 5.06. The Morgan fingerprint density at radius 1 is 1.45 bits per heavy atom. The first-order chi connectivity index (χ1) is 9.56. The highest BCUT2D eigenvalue weighted by molar-refractivity contribution is 9.10. The summed E-state index contributed by atoms with van der Waals surface area (Å²) < 4.78 is 17.0. The largest absolute Gasteiger partial charge is 0.307 e. The first-order valence-corrected chi connectivity index (χ1v) is 7.83. The van der Waals surface area contributed by atoms with Crippen molar-refractivity contribution in [1.82, 2.24) is 14.8 Å². The van der Waals surface area contributed by atoms with Crippen LogP contribution in [0.1, 0.15) is 36.6 Å². The quantitative estimate of drug-likeness (QED) is 0.832. The number of hydrogen-bond donors (Lipinski definition) is 1. The third kappa shape index (κ3) is 2.46. The molecule has 1 aromatic heterocycles. The number of benzene rings is 1. The van der Waals surface area contributed by atoms with Crippen LogP contribution in [0.25, 0.3) is 0 Å². The van der Waals surface area contributed by atoms with E-state index in [0.717, 1.165) is 28.7 Å². The fourth-order valence-corrected chi connectivity index (χ4v) is 3.42. The number of hydrogen-bond acceptors (Lipinski definition) is 2. The second-order valence-corrected chi connectivity index (χ2v) is 6.62. The summed E-state index contributed by atoms with van der Waals surface area (Å²) >= 11 is 8.57. The first-order valence-electron chi connectivity index (χ1n) is 6.63. The lowest BCUT2D eigenvalue weighted by molar-refractivity contribution is 0.274. The van der Waals surface area contributed by atoms with Gasteiger partial charge < -0.3 is 4.57 Å². The third-order valence-corrected chi connectivity index (χ3v) is 4.88. The van der Waals surface area contributed by atoms with Crippen LogP contribution >= 0.6 is 28.1 Å². The second-order valence-electron chi connectivity index (χ2n) is 5.32. The number of H-pyrrole nitrogens is 1. The SMILES string of the molecule is Cn1c(C(c2cc(F)cc(Br)c2)C2CCC2)n[nH]c1=S. The van der Waals surface area contributed by atoms with Crippen molar-refractivity contribution in [2.24, 2.45) is 13.0 Å². The second kappa shape index (κ2) is 5.41. The molecule has 1 N–H and O–H groups in total. The van der Waals surface area contributed by atoms with E-state index in [1.165, 1.54) is 12.5 Å². The van der Waals surface area contributed by atoms with Crippen LogP contribution < -0.4 is 0 Å². The van der Waals surface area contributed by atoms with Crippen LogP contribution in [0.15, 0.2) is 22.7 Å². The van der Waals surface area contributed by atoms with E-state index in [9.17, 15) is 4.39 Å². The highest BCUT2D eigenvalue weighted by Crippen LogP contribution is 2.43. The standard InChI is InChI=1S/C14H15BrFN3S/c1-19-13(17-18-14(19)20)12(8-3-2-4-8)9-5-10(15)7-11(16)6-9/h5-8,12H,2-4H2,1H3,(H,18,20). The van der Waals surface area contributed by atoms with Crippen LogP contribution in [-0.4, -0.2) is 14.8 Å². The van der Waals surface area contributed by atoms with Crippen molar-refractivity contribution in [2.45, 2.75) is 25.2 Å². The van der Waals surface area contributed by atoms with E-state index < -0.39 is 0 Å². The van der Waals surface area contributed by atoms with Gasteiger partial charge in [0.15, 0.2) is 4.77 Å². The highest BCUT2D eigenvalue weighted by atomic mass is 79.9. The maximum atomic E-state index is 13.7. The number of halogens is 2. The van der Waals surface area contributed by atoms with Crippen LogP contribution in [0, 0.1) is 16.5 Å². The minimum absolute atomic E-state index is 0.0914. The molecule has 20 heavy (non-hydrogen) atoms. The minimum atomic E-state index is -0.226. The van der Waals surface area contributed by atoms with Gasteiger partial charge in [-0.25, -0.2) is 4.39 Å². The van der Waals surface area contributed by atoms with Crippen LogP contribution in [0.4, 0.5) is 4.39 Å². The summed E-state index contributed by atoms with van der Waals surface area (Å²) in [6.07, 6.45) is 3.53. The van der Waals surface area contributed by atoms with E-state index in [1.807, 2.05) is 17.7 Å². The van der Waals surface area contributed by atoms with Gasteiger partial charge in [-0.2, -0.15) is 5.10 Å². The van der Waals surface area contributed by atoms with Crippen molar-refractivity contribution < 1.29 is 4.39 Å². The lowest BCUT2D eigenvalue weighted by Gasteiger charge is -2.33. The number of rotatable bonds is 3. The highest BCUT2D eigenvalue weighted by Gasteiger charge is 2.33. The zero-order valence-electron chi connectivity index (χ0n) is 11.1. The Hall–Kier alpha value is -1.01. The molecule has 3 rings (SSSR count). The Morgan fingerprint density at radius 3 is 2.70 bits per heavy atom. The van der Waals surface area contributed by atoms with E-state index in [0.29, 0.717) is 10.7 Å². The van der Waals surface area contributed by atoms with E-state index in [1.54, 1.807) is 6.07 Å². The fourth-order valence-electron chi connectivity index (χ4n) is 2.80. The summed E-state index contributed by atoms with van der Waals surface area (Å²) in [5.41, 5.74) is 0.957. The lowest BCUT2D eigenvalue weighted by Crippen LogP contribution is -2.24. The molecule has 0 saturated heterocycles. The van der Waals surface area contributed by atoms with Crippen molar-refractivity contribution in [3.8, 4) is 0 Å². The Balaban J connectivity index is 2.10. The van der Waals surface area contributed by atoms with Crippen LogP contribution in [0.3, 0.4) is 0 Å². The van der Waals surface area contributed by atoms with Crippen LogP contribution in [0.2, 0.25) is 0 Å². The van der Waals surface area contributed by atoms with Gasteiger partial charge in [-0.3, -0.25) is 5.10 Å². The molecule has 0 spiro atoms. The Bertz CT molecular complexity index is 670. The molecule has 0 aliphatic heterocycles. The number of nitrogens with zero attached hydrogens (tertiary/aromatic N) is 2. The van der Waals surface area contributed by atoms with Gasteiger partial charge in [-0.15, -0.1) is 0 Å². The van der Waals surface area contributed by atoms with Gasteiger partial charge in [0, 0.05) is 17.4 Å². The van der Waals surface area contributed by atoms with Crippen molar-refractivity contribution in [3.63, 3.8) is 0 Å². The number of aromatic amines is 1. The molecule has 1 unspecified atom stereocenters. The maximum Gasteiger partial charge on any atom is 0.194 e. The van der Waals surface area contributed by atoms with Gasteiger partial charge in [0.2, 0.25) is 0 Å². The molecule has 1 aromatic carbocycles. The monoisotopic (exact) mass is 355 g/mol. The van der Waals surface area contributed by atoms with E-state index in [4.69, 9.17) is 12.2 Å². The lowest BCUT2D eigenvalue weighted by atomic mass is 9.72. The molecule has 0 bridgehead atoms. The molecule has 3 nitrogen and oxygen atoms in total. The fraction of sp³-hybridized carbons (Fsp3) is 0.429. The molecule has 1 aliphatic carbocycles. The molecule has 106 valence electrons. The average molecular weight is 356 g/mol. The predicted molar refractivity (Wildman–Crippen MR) is 81.7 cm³/mol. The van der Waals surface area contributed by atoms with Gasteiger partial charge in [0.1, 0.15) is 11.6 Å². The summed E-state index contributed by atoms with van der Waals surface area (Å²) in [4.78, 5) is 0. The number of aromatic nitrogens is 3. The van der Waals surface area contributed by atoms with E-state index in [-0.39, 0.29) is 11.7 Å². The zero-order chi connectivity index (χ0) is 14.3. The van der Waals surface area contributed by atoms with E-state index >= 15 is 0 Å². The predicted octanol–water partition coefficient (Wildman–Crippen LogP) is 4.31. The third-order valence-electron chi connectivity index (χ3n) is 4.06. The number of nitrogens with one attached hydrogen (secondary N) is 1. The molecule has 1 aliphatic rings. The van der Waals surface area contributed by atoms with Gasteiger partial charge >= 0.3 is 0 Å². The Morgan fingerprint density at radius 2 is 2.20 bits per heavy atom. The van der Waals surface area contributed by atoms with Crippen molar-refractivity contribution in [2.75, 3.05) is 0 Å². The van der Waals surface area contributed by atoms with Gasteiger partial charge in [0.25, 0.3) is 0 Å². The average Bonchev–Trinajstić information content (AvgIpc) is 2.63. The molecule has 0 radical (unpaired) electrons. The zero-order valence-corrected chi connectivity index (χ0v) is 13.5. The van der Waals surface area contributed by atoms with Crippen molar-refractivity contribution in [3.05, 3.63) is 44.6 Å². The normalized spacial score (nSPS) is 16.9. The molecule has 2 aromatic rings. The Labute approximate surface area is 130 Å². The van der Waals surface area contributed by atoms with Crippen LogP contribution in [-0.2, 0) is 7.05 Å². The molecule has 6 heteroatoms. The topological polar surface area (TPSA) is 33.6 Å². The molecule has 1 saturated carbocycles. The molecule has 1 heterocycles. The molecule has 1 fully saturated rings. The summed E-state index contributed by atoms with van der Waals surface area (Å²) in [5.74, 6) is 1.26. The maximum absolute atomic E-state index is 13.7. The van der Waals surface area contributed by atoms with Crippen molar-refractivity contribution >= 4 is 28.1 Å². The molecule has 1 atom stereocenters. The van der Waals surface area contributed by atoms with E-state index in [2.05, 4.69) is 26.1 Å². The Kier molecular flexibility index (Phi) is 3.77. The summed E-state index contributed by atoms with van der Waals surface area (Å²) in [7, 11) is 1.90. The summed E-state index contributed by atoms with van der Waals surface area (Å²) in [6.45, 7) is 0. The molecule has 0 amide bonds. The summed E-state index contributed by atoms with van der Waals surface area (Å²) in [5, 5.41) is 7.19. The van der Waals surface area contributed by atoms with Gasteiger partial charge in [0.05, 0.1) is 0 Å². The molecular weight excluding hydrogens is 341 g/mol. The molecular formula is C14H15BrFN3S. The van der Waals surface area contributed by atoms with Gasteiger partial charge in [-0.1, -0.05) is 22.4 Å². The van der Waals surface area contributed by atoms with Gasteiger partial charge in [-0.05, 0) is 54.7 Å².